The van der Waals surface area contributed by atoms with Gasteiger partial charge in [0.1, 0.15) is 5.52 Å². The maximum absolute atomic E-state index is 12.4. The highest BCUT2D eigenvalue weighted by molar-refractivity contribution is 5.85. The van der Waals surface area contributed by atoms with Crippen molar-refractivity contribution in [3.05, 3.63) is 70.0 Å². The normalized spacial score (nSPS) is 13.9. The maximum Gasteiger partial charge on any atom is 0.277 e. The van der Waals surface area contributed by atoms with Gasteiger partial charge in [-0.15, -0.1) is 17.5 Å². The zero-order chi connectivity index (χ0) is 17.8. The molecular formula is C21H25ClN4O. The van der Waals surface area contributed by atoms with Crippen LogP contribution < -0.4 is 5.56 Å². The molecule has 0 N–H and O–H groups in total. The quantitative estimate of drug-likeness (QED) is 0.611. The fourth-order valence-corrected chi connectivity index (χ4v) is 3.69. The molecule has 1 aliphatic heterocycles. The summed E-state index contributed by atoms with van der Waals surface area (Å²) >= 11 is 0. The van der Waals surface area contributed by atoms with E-state index in [0.29, 0.717) is 17.4 Å². The number of aryl methyl sites for hydroxylation is 1. The molecule has 2 heterocycles. The van der Waals surface area contributed by atoms with Crippen molar-refractivity contribution in [2.45, 2.75) is 38.8 Å². The molecule has 0 bridgehead atoms. The van der Waals surface area contributed by atoms with Gasteiger partial charge < -0.3 is 0 Å². The zero-order valence-corrected chi connectivity index (χ0v) is 16.2. The number of unbranched alkanes of at least 4 members (excludes halogenated alkanes) is 2. The number of hydrogen-bond acceptors (Lipinski definition) is 4. The summed E-state index contributed by atoms with van der Waals surface area (Å²) in [6.45, 7) is 3.96. The molecule has 2 aromatic carbocycles. The summed E-state index contributed by atoms with van der Waals surface area (Å²) in [5, 5.41) is 8.85. The van der Waals surface area contributed by atoms with Crippen LogP contribution in [0.3, 0.4) is 0 Å². The molecule has 0 atom stereocenters. The highest BCUT2D eigenvalue weighted by Gasteiger charge is 2.14. The smallest absolute Gasteiger partial charge is 0.277 e. The standard InChI is InChI=1S/C21H24N4O.ClH/c26-21-19-10-4-5-11-20(19)22-23-25(21)14-7-1-6-13-24-15-12-17-8-2-3-9-18(17)16-24;/h2-5,8-11H,1,6-7,12-16H2;1H. The average Bonchev–Trinajstić information content (AvgIpc) is 2.69. The summed E-state index contributed by atoms with van der Waals surface area (Å²) in [6.07, 6.45) is 4.35. The Bertz CT molecular complexity index is 956. The van der Waals surface area contributed by atoms with E-state index in [-0.39, 0.29) is 18.0 Å². The van der Waals surface area contributed by atoms with E-state index in [1.165, 1.54) is 15.8 Å². The highest BCUT2D eigenvalue weighted by Crippen LogP contribution is 2.18. The summed E-state index contributed by atoms with van der Waals surface area (Å²) in [5.41, 5.74) is 3.59. The first kappa shape index (κ1) is 19.5. The number of rotatable bonds is 6. The van der Waals surface area contributed by atoms with Gasteiger partial charge in [-0.1, -0.05) is 48.0 Å². The van der Waals surface area contributed by atoms with Crippen molar-refractivity contribution in [2.75, 3.05) is 13.1 Å². The first-order chi connectivity index (χ1) is 12.8. The Kier molecular flexibility index (Phi) is 6.58. The lowest BCUT2D eigenvalue weighted by atomic mass is 10.00. The fourth-order valence-electron chi connectivity index (χ4n) is 3.69. The van der Waals surface area contributed by atoms with Gasteiger partial charge in [0.05, 0.1) is 5.39 Å². The molecule has 0 fully saturated rings. The van der Waals surface area contributed by atoms with Crippen molar-refractivity contribution >= 4 is 23.3 Å². The van der Waals surface area contributed by atoms with Gasteiger partial charge in [-0.05, 0) is 49.1 Å². The van der Waals surface area contributed by atoms with E-state index in [4.69, 9.17) is 0 Å². The van der Waals surface area contributed by atoms with Crippen LogP contribution >= 0.6 is 12.4 Å². The molecule has 142 valence electrons. The van der Waals surface area contributed by atoms with Crippen molar-refractivity contribution in [2.24, 2.45) is 0 Å². The van der Waals surface area contributed by atoms with Gasteiger partial charge in [0.2, 0.25) is 0 Å². The second kappa shape index (κ2) is 9.11. The third-order valence-electron chi connectivity index (χ3n) is 5.18. The molecule has 0 amide bonds. The van der Waals surface area contributed by atoms with Crippen LogP contribution in [0.25, 0.3) is 10.9 Å². The summed E-state index contributed by atoms with van der Waals surface area (Å²) in [4.78, 5) is 14.9. The molecule has 0 saturated carbocycles. The van der Waals surface area contributed by atoms with Gasteiger partial charge in [0.25, 0.3) is 5.56 Å². The first-order valence-corrected chi connectivity index (χ1v) is 9.43. The second-order valence-electron chi connectivity index (χ2n) is 6.99. The Morgan fingerprint density at radius 1 is 0.889 bits per heavy atom. The number of fused-ring (bicyclic) bond motifs is 2. The van der Waals surface area contributed by atoms with E-state index in [9.17, 15) is 4.79 Å². The monoisotopic (exact) mass is 384 g/mol. The SMILES string of the molecule is Cl.O=c1c2ccccc2nnn1CCCCCN1CCc2ccccc2C1. The van der Waals surface area contributed by atoms with Crippen LogP contribution in [-0.2, 0) is 19.5 Å². The lowest BCUT2D eigenvalue weighted by molar-refractivity contribution is 0.247. The van der Waals surface area contributed by atoms with Gasteiger partial charge in [0, 0.05) is 19.6 Å². The van der Waals surface area contributed by atoms with Crippen molar-refractivity contribution in [3.8, 4) is 0 Å². The van der Waals surface area contributed by atoms with E-state index < -0.39 is 0 Å². The van der Waals surface area contributed by atoms with Crippen LogP contribution in [0.5, 0.6) is 0 Å². The average molecular weight is 385 g/mol. The van der Waals surface area contributed by atoms with E-state index in [2.05, 4.69) is 39.5 Å². The number of hydrogen-bond donors (Lipinski definition) is 0. The minimum Gasteiger partial charge on any atom is -0.299 e. The van der Waals surface area contributed by atoms with Crippen LogP contribution in [0, 0.1) is 0 Å². The maximum atomic E-state index is 12.4. The molecule has 27 heavy (non-hydrogen) atoms. The molecule has 4 rings (SSSR count). The molecule has 0 unspecified atom stereocenters. The van der Waals surface area contributed by atoms with E-state index in [1.54, 1.807) is 0 Å². The highest BCUT2D eigenvalue weighted by atomic mass is 35.5. The van der Waals surface area contributed by atoms with E-state index in [0.717, 1.165) is 45.3 Å². The van der Waals surface area contributed by atoms with Gasteiger partial charge in [-0.3, -0.25) is 9.69 Å². The molecule has 0 spiro atoms. The fraction of sp³-hybridized carbons (Fsp3) is 0.381. The van der Waals surface area contributed by atoms with Crippen molar-refractivity contribution < 1.29 is 0 Å². The molecular weight excluding hydrogens is 360 g/mol. The predicted molar refractivity (Wildman–Crippen MR) is 110 cm³/mol. The van der Waals surface area contributed by atoms with Crippen LogP contribution in [0.4, 0.5) is 0 Å². The Morgan fingerprint density at radius 2 is 1.63 bits per heavy atom. The van der Waals surface area contributed by atoms with Crippen LogP contribution in [0.2, 0.25) is 0 Å². The lowest BCUT2D eigenvalue weighted by Gasteiger charge is -2.28. The Hall–Kier alpha value is -2.24. The lowest BCUT2D eigenvalue weighted by Crippen LogP contribution is -2.31. The van der Waals surface area contributed by atoms with Crippen LogP contribution in [-0.4, -0.2) is 33.0 Å². The molecule has 0 radical (unpaired) electrons. The summed E-state index contributed by atoms with van der Waals surface area (Å²) in [6, 6.07) is 16.1. The van der Waals surface area contributed by atoms with Crippen molar-refractivity contribution in [3.63, 3.8) is 0 Å². The van der Waals surface area contributed by atoms with Gasteiger partial charge in [-0.25, -0.2) is 4.68 Å². The summed E-state index contributed by atoms with van der Waals surface area (Å²) < 4.78 is 1.50. The Balaban J connectivity index is 0.00000210. The topological polar surface area (TPSA) is 51.0 Å². The minimum atomic E-state index is -0.0387. The van der Waals surface area contributed by atoms with E-state index in [1.807, 2.05) is 24.3 Å². The molecule has 0 aliphatic carbocycles. The number of aromatic nitrogens is 3. The minimum absolute atomic E-state index is 0. The molecule has 1 aliphatic rings. The third-order valence-corrected chi connectivity index (χ3v) is 5.18. The number of nitrogens with zero attached hydrogens (tertiary/aromatic N) is 4. The molecule has 1 aromatic heterocycles. The van der Waals surface area contributed by atoms with E-state index >= 15 is 0 Å². The largest absolute Gasteiger partial charge is 0.299 e. The number of benzene rings is 2. The second-order valence-corrected chi connectivity index (χ2v) is 6.99. The summed E-state index contributed by atoms with van der Waals surface area (Å²) in [7, 11) is 0. The van der Waals surface area contributed by atoms with Crippen LogP contribution in [0.1, 0.15) is 30.4 Å². The van der Waals surface area contributed by atoms with Gasteiger partial charge in [0.15, 0.2) is 0 Å². The van der Waals surface area contributed by atoms with Crippen LogP contribution in [0.15, 0.2) is 53.3 Å². The molecule has 0 saturated heterocycles. The Labute approximate surface area is 165 Å². The van der Waals surface area contributed by atoms with Gasteiger partial charge in [-0.2, -0.15) is 0 Å². The van der Waals surface area contributed by atoms with Crippen molar-refractivity contribution in [1.82, 2.24) is 19.9 Å². The predicted octanol–water partition coefficient (Wildman–Crippen LogP) is 3.44. The van der Waals surface area contributed by atoms with Crippen molar-refractivity contribution in [1.29, 1.82) is 0 Å². The molecule has 3 aromatic rings. The Morgan fingerprint density at radius 3 is 2.52 bits per heavy atom. The third kappa shape index (κ3) is 4.54. The zero-order valence-electron chi connectivity index (χ0n) is 15.4. The number of halogens is 1. The first-order valence-electron chi connectivity index (χ1n) is 9.43. The molecule has 6 heteroatoms. The van der Waals surface area contributed by atoms with Gasteiger partial charge >= 0.3 is 0 Å². The summed E-state index contributed by atoms with van der Waals surface area (Å²) in [5.74, 6) is 0. The molecule has 5 nitrogen and oxygen atoms in total.